The normalized spacial score (nSPS) is 14.5. The lowest BCUT2D eigenvalue weighted by molar-refractivity contribution is -0.132. The van der Waals surface area contributed by atoms with Gasteiger partial charge in [-0.2, -0.15) is 5.26 Å². The standard InChI is InChI=1S/C23H33N3O5/c1-23(2,3)31-22(28)25-16-17-9-11-26(12-10-17)21(27)6-5-13-30-19-8-7-18(15-24)14-20(19)29-4/h7-8,14,17H,5-6,9-13,16H2,1-4H3,(H,25,28). The molecule has 1 aromatic carbocycles. The van der Waals surface area contributed by atoms with Crippen molar-refractivity contribution < 1.29 is 23.8 Å². The van der Waals surface area contributed by atoms with E-state index in [0.29, 0.717) is 62.1 Å². The zero-order chi connectivity index (χ0) is 22.9. The Bertz CT molecular complexity index is 789. The van der Waals surface area contributed by atoms with Crippen LogP contribution in [0, 0.1) is 17.2 Å². The number of likely N-dealkylation sites (tertiary alicyclic amines) is 1. The monoisotopic (exact) mass is 431 g/mol. The number of hydrogen-bond donors (Lipinski definition) is 1. The number of nitrogens with one attached hydrogen (secondary N) is 1. The second-order valence-electron chi connectivity index (χ2n) is 8.64. The number of nitriles is 1. The molecule has 0 radical (unpaired) electrons. The fraction of sp³-hybridized carbons (Fsp3) is 0.609. The summed E-state index contributed by atoms with van der Waals surface area (Å²) in [4.78, 5) is 26.1. The summed E-state index contributed by atoms with van der Waals surface area (Å²) in [5, 5.41) is 11.8. The molecule has 0 aliphatic carbocycles. The highest BCUT2D eigenvalue weighted by Gasteiger charge is 2.24. The molecule has 1 fully saturated rings. The van der Waals surface area contributed by atoms with E-state index in [1.165, 1.54) is 7.11 Å². The fourth-order valence-electron chi connectivity index (χ4n) is 3.35. The first kappa shape index (κ1) is 24.3. The van der Waals surface area contributed by atoms with Crippen molar-refractivity contribution in [3.8, 4) is 17.6 Å². The molecule has 2 amide bonds. The fourth-order valence-corrected chi connectivity index (χ4v) is 3.35. The van der Waals surface area contributed by atoms with Crippen LogP contribution in [0.1, 0.15) is 52.0 Å². The molecule has 1 N–H and O–H groups in total. The first-order chi connectivity index (χ1) is 14.7. The van der Waals surface area contributed by atoms with E-state index in [0.717, 1.165) is 12.8 Å². The predicted octanol–water partition coefficient (Wildman–Crippen LogP) is 3.49. The maximum absolute atomic E-state index is 12.5. The molecule has 1 saturated heterocycles. The Hall–Kier alpha value is -2.95. The molecule has 0 unspecified atom stereocenters. The molecule has 1 aliphatic heterocycles. The number of alkyl carbamates (subject to hydrolysis) is 1. The molecular formula is C23H33N3O5. The molecule has 0 bridgehead atoms. The third-order valence-corrected chi connectivity index (χ3v) is 4.99. The lowest BCUT2D eigenvalue weighted by atomic mass is 9.96. The van der Waals surface area contributed by atoms with Gasteiger partial charge in [0, 0.05) is 32.1 Å². The van der Waals surface area contributed by atoms with Crippen molar-refractivity contribution in [3.63, 3.8) is 0 Å². The maximum Gasteiger partial charge on any atom is 0.407 e. The van der Waals surface area contributed by atoms with Crippen molar-refractivity contribution in [2.45, 2.75) is 52.1 Å². The van der Waals surface area contributed by atoms with Crippen LogP contribution in [0.2, 0.25) is 0 Å². The van der Waals surface area contributed by atoms with Gasteiger partial charge < -0.3 is 24.4 Å². The number of carbonyl (C=O) groups is 2. The van der Waals surface area contributed by atoms with Crippen LogP contribution in [-0.2, 0) is 9.53 Å². The highest BCUT2D eigenvalue weighted by atomic mass is 16.6. The quantitative estimate of drug-likeness (QED) is 0.633. The largest absolute Gasteiger partial charge is 0.493 e. The minimum atomic E-state index is -0.505. The first-order valence-corrected chi connectivity index (χ1v) is 10.7. The molecule has 8 nitrogen and oxygen atoms in total. The lowest BCUT2D eigenvalue weighted by Crippen LogP contribution is -2.42. The number of ether oxygens (including phenoxy) is 3. The molecule has 0 spiro atoms. The summed E-state index contributed by atoms with van der Waals surface area (Å²) in [6, 6.07) is 7.06. The van der Waals surface area contributed by atoms with Gasteiger partial charge in [0.15, 0.2) is 11.5 Å². The van der Waals surface area contributed by atoms with Gasteiger partial charge in [0.1, 0.15) is 5.60 Å². The molecule has 0 atom stereocenters. The third kappa shape index (κ3) is 8.36. The zero-order valence-electron chi connectivity index (χ0n) is 18.9. The number of piperidine rings is 1. The smallest absolute Gasteiger partial charge is 0.407 e. The average molecular weight is 432 g/mol. The van der Waals surface area contributed by atoms with Crippen LogP contribution in [-0.4, -0.2) is 55.9 Å². The van der Waals surface area contributed by atoms with E-state index < -0.39 is 11.7 Å². The van der Waals surface area contributed by atoms with E-state index >= 15 is 0 Å². The Morgan fingerprint density at radius 2 is 1.94 bits per heavy atom. The Labute approximate surface area is 184 Å². The number of amides is 2. The lowest BCUT2D eigenvalue weighted by Gasteiger charge is -2.32. The van der Waals surface area contributed by atoms with E-state index in [9.17, 15) is 9.59 Å². The van der Waals surface area contributed by atoms with E-state index in [1.807, 2.05) is 25.7 Å². The van der Waals surface area contributed by atoms with Gasteiger partial charge in [-0.05, 0) is 58.1 Å². The number of benzene rings is 1. The summed E-state index contributed by atoms with van der Waals surface area (Å²) in [6.07, 6.45) is 2.34. The summed E-state index contributed by atoms with van der Waals surface area (Å²) in [5.74, 6) is 1.54. The summed E-state index contributed by atoms with van der Waals surface area (Å²) >= 11 is 0. The Balaban J connectivity index is 1.65. The summed E-state index contributed by atoms with van der Waals surface area (Å²) in [6.45, 7) is 7.86. The van der Waals surface area contributed by atoms with Gasteiger partial charge in [0.2, 0.25) is 5.91 Å². The van der Waals surface area contributed by atoms with E-state index in [4.69, 9.17) is 19.5 Å². The van der Waals surface area contributed by atoms with Crippen molar-refractivity contribution in [1.29, 1.82) is 5.26 Å². The molecule has 8 heteroatoms. The summed E-state index contributed by atoms with van der Waals surface area (Å²) in [7, 11) is 1.53. The Kier molecular flexibility index (Phi) is 8.98. The third-order valence-electron chi connectivity index (χ3n) is 4.99. The van der Waals surface area contributed by atoms with Crippen LogP contribution in [0.25, 0.3) is 0 Å². The second-order valence-corrected chi connectivity index (χ2v) is 8.64. The molecule has 1 aromatic rings. The number of nitrogens with zero attached hydrogens (tertiary/aromatic N) is 2. The van der Waals surface area contributed by atoms with Crippen molar-refractivity contribution >= 4 is 12.0 Å². The van der Waals surface area contributed by atoms with Crippen LogP contribution < -0.4 is 14.8 Å². The molecule has 0 saturated carbocycles. The molecule has 170 valence electrons. The molecule has 1 heterocycles. The van der Waals surface area contributed by atoms with Gasteiger partial charge >= 0.3 is 6.09 Å². The van der Waals surface area contributed by atoms with Gasteiger partial charge in [-0.15, -0.1) is 0 Å². The van der Waals surface area contributed by atoms with Crippen LogP contribution in [0.5, 0.6) is 11.5 Å². The second kappa shape index (κ2) is 11.4. The average Bonchev–Trinajstić information content (AvgIpc) is 2.74. The molecule has 1 aliphatic rings. The maximum atomic E-state index is 12.5. The minimum Gasteiger partial charge on any atom is -0.493 e. The Morgan fingerprint density at radius 1 is 1.23 bits per heavy atom. The van der Waals surface area contributed by atoms with Gasteiger partial charge in [0.25, 0.3) is 0 Å². The number of hydrogen-bond acceptors (Lipinski definition) is 6. The summed E-state index contributed by atoms with van der Waals surface area (Å²) < 4.78 is 16.2. The molecule has 0 aromatic heterocycles. The van der Waals surface area contributed by atoms with E-state index in [1.54, 1.807) is 18.2 Å². The minimum absolute atomic E-state index is 0.119. The predicted molar refractivity (Wildman–Crippen MR) is 116 cm³/mol. The van der Waals surface area contributed by atoms with Crippen LogP contribution in [0.4, 0.5) is 4.79 Å². The zero-order valence-corrected chi connectivity index (χ0v) is 18.9. The topological polar surface area (TPSA) is 101 Å². The van der Waals surface area contributed by atoms with Gasteiger partial charge in [-0.1, -0.05) is 0 Å². The van der Waals surface area contributed by atoms with E-state index in [2.05, 4.69) is 11.4 Å². The van der Waals surface area contributed by atoms with Gasteiger partial charge in [-0.25, -0.2) is 4.79 Å². The number of methoxy groups -OCH3 is 1. The summed E-state index contributed by atoms with van der Waals surface area (Å²) in [5.41, 5.74) is -0.00139. The van der Waals surface area contributed by atoms with Gasteiger partial charge in [0.05, 0.1) is 25.3 Å². The molecule has 31 heavy (non-hydrogen) atoms. The first-order valence-electron chi connectivity index (χ1n) is 10.7. The van der Waals surface area contributed by atoms with E-state index in [-0.39, 0.29) is 5.91 Å². The van der Waals surface area contributed by atoms with Crippen molar-refractivity contribution in [1.82, 2.24) is 10.2 Å². The van der Waals surface area contributed by atoms with Crippen molar-refractivity contribution in [2.75, 3.05) is 33.4 Å². The SMILES string of the molecule is COc1cc(C#N)ccc1OCCCC(=O)N1CCC(CNC(=O)OC(C)(C)C)CC1. The van der Waals surface area contributed by atoms with Crippen molar-refractivity contribution in [3.05, 3.63) is 23.8 Å². The number of rotatable bonds is 8. The van der Waals surface area contributed by atoms with Crippen LogP contribution in [0.3, 0.4) is 0 Å². The highest BCUT2D eigenvalue weighted by Crippen LogP contribution is 2.28. The van der Waals surface area contributed by atoms with Crippen LogP contribution in [0.15, 0.2) is 18.2 Å². The van der Waals surface area contributed by atoms with Gasteiger partial charge in [-0.3, -0.25) is 4.79 Å². The van der Waals surface area contributed by atoms with Crippen LogP contribution >= 0.6 is 0 Å². The molecule has 2 rings (SSSR count). The molecular weight excluding hydrogens is 398 g/mol. The highest BCUT2D eigenvalue weighted by molar-refractivity contribution is 5.76. The Morgan fingerprint density at radius 3 is 2.55 bits per heavy atom. The van der Waals surface area contributed by atoms with Crippen molar-refractivity contribution in [2.24, 2.45) is 5.92 Å². The number of carbonyl (C=O) groups excluding carboxylic acids is 2.